The highest BCUT2D eigenvalue weighted by molar-refractivity contribution is 7.13. The van der Waals surface area contributed by atoms with E-state index in [1.54, 1.807) is 22.2 Å². The molecule has 2 aromatic rings. The summed E-state index contributed by atoms with van der Waals surface area (Å²) in [5.74, 6) is 0.126. The molecule has 0 aromatic carbocycles. The van der Waals surface area contributed by atoms with Gasteiger partial charge in [-0.05, 0) is 23.8 Å². The van der Waals surface area contributed by atoms with E-state index in [4.69, 9.17) is 5.11 Å². The van der Waals surface area contributed by atoms with Crippen molar-refractivity contribution < 1.29 is 9.90 Å². The predicted molar refractivity (Wildman–Crippen MR) is 84.3 cm³/mol. The summed E-state index contributed by atoms with van der Waals surface area (Å²) >= 11 is 1.56. The van der Waals surface area contributed by atoms with Gasteiger partial charge in [-0.2, -0.15) is 5.10 Å². The van der Waals surface area contributed by atoms with Gasteiger partial charge in [0.2, 0.25) is 0 Å². The fourth-order valence-electron chi connectivity index (χ4n) is 2.21. The SMILES string of the molecule is CC(C)C(CCO)NC(=O)c1cn(C)nc1-c1cccs1. The van der Waals surface area contributed by atoms with Crippen molar-refractivity contribution in [1.82, 2.24) is 15.1 Å². The van der Waals surface area contributed by atoms with Crippen LogP contribution in [-0.4, -0.2) is 33.4 Å². The maximum absolute atomic E-state index is 12.5. The summed E-state index contributed by atoms with van der Waals surface area (Å²) in [5, 5.41) is 18.5. The van der Waals surface area contributed by atoms with Crippen molar-refractivity contribution in [1.29, 1.82) is 0 Å². The number of carbonyl (C=O) groups excluding carboxylic acids is 1. The van der Waals surface area contributed by atoms with Crippen molar-refractivity contribution in [3.63, 3.8) is 0 Å². The van der Waals surface area contributed by atoms with Crippen LogP contribution in [0.15, 0.2) is 23.7 Å². The summed E-state index contributed by atoms with van der Waals surface area (Å²) in [6.07, 6.45) is 2.29. The third-order valence-corrected chi connectivity index (χ3v) is 4.27. The number of aliphatic hydroxyl groups is 1. The molecule has 0 spiro atoms. The molecule has 5 nitrogen and oxygen atoms in total. The molecule has 21 heavy (non-hydrogen) atoms. The van der Waals surface area contributed by atoms with Crippen LogP contribution >= 0.6 is 11.3 Å². The normalized spacial score (nSPS) is 12.6. The van der Waals surface area contributed by atoms with Gasteiger partial charge in [0, 0.05) is 25.9 Å². The summed E-state index contributed by atoms with van der Waals surface area (Å²) in [4.78, 5) is 13.5. The minimum Gasteiger partial charge on any atom is -0.396 e. The number of nitrogens with zero attached hydrogens (tertiary/aromatic N) is 2. The highest BCUT2D eigenvalue weighted by Gasteiger charge is 2.21. The molecule has 114 valence electrons. The molecule has 0 fully saturated rings. The Balaban J connectivity index is 2.23. The number of carbonyl (C=O) groups is 1. The van der Waals surface area contributed by atoms with E-state index in [0.717, 1.165) is 4.88 Å². The number of aryl methyl sites for hydroxylation is 1. The second-order valence-corrected chi connectivity index (χ2v) is 6.33. The average Bonchev–Trinajstić information content (AvgIpc) is 3.06. The molecule has 1 atom stereocenters. The zero-order valence-electron chi connectivity index (χ0n) is 12.5. The Morgan fingerprint density at radius 3 is 2.86 bits per heavy atom. The molecule has 2 heterocycles. The molecule has 0 saturated heterocycles. The van der Waals surface area contributed by atoms with Gasteiger partial charge >= 0.3 is 0 Å². The molecular formula is C15H21N3O2S. The first-order valence-electron chi connectivity index (χ1n) is 7.02. The first-order valence-corrected chi connectivity index (χ1v) is 7.90. The highest BCUT2D eigenvalue weighted by Crippen LogP contribution is 2.26. The van der Waals surface area contributed by atoms with Crippen LogP contribution in [0.1, 0.15) is 30.6 Å². The Labute approximate surface area is 128 Å². The lowest BCUT2D eigenvalue weighted by Gasteiger charge is -2.21. The monoisotopic (exact) mass is 307 g/mol. The Morgan fingerprint density at radius 1 is 1.52 bits per heavy atom. The summed E-state index contributed by atoms with van der Waals surface area (Å²) < 4.78 is 1.65. The van der Waals surface area contributed by atoms with E-state index >= 15 is 0 Å². The van der Waals surface area contributed by atoms with E-state index in [1.165, 1.54) is 0 Å². The fraction of sp³-hybridized carbons (Fsp3) is 0.467. The number of nitrogens with one attached hydrogen (secondary N) is 1. The second kappa shape index (κ2) is 6.87. The summed E-state index contributed by atoms with van der Waals surface area (Å²) in [7, 11) is 1.81. The zero-order chi connectivity index (χ0) is 15.4. The molecule has 2 N–H and O–H groups in total. The number of aliphatic hydroxyl groups excluding tert-OH is 1. The van der Waals surface area contributed by atoms with Crippen LogP contribution in [-0.2, 0) is 7.05 Å². The van der Waals surface area contributed by atoms with E-state index in [9.17, 15) is 4.79 Å². The van der Waals surface area contributed by atoms with Crippen molar-refractivity contribution in [3.8, 4) is 10.6 Å². The van der Waals surface area contributed by atoms with Gasteiger partial charge in [0.25, 0.3) is 5.91 Å². The molecule has 0 aliphatic rings. The molecule has 0 aliphatic heterocycles. The van der Waals surface area contributed by atoms with Crippen molar-refractivity contribution in [2.45, 2.75) is 26.3 Å². The number of rotatable bonds is 6. The fourth-order valence-corrected chi connectivity index (χ4v) is 2.93. The van der Waals surface area contributed by atoms with Crippen molar-refractivity contribution in [2.24, 2.45) is 13.0 Å². The van der Waals surface area contributed by atoms with Crippen LogP contribution in [0.2, 0.25) is 0 Å². The molecule has 0 saturated carbocycles. The van der Waals surface area contributed by atoms with Gasteiger partial charge in [-0.3, -0.25) is 9.48 Å². The van der Waals surface area contributed by atoms with Crippen molar-refractivity contribution in [3.05, 3.63) is 29.3 Å². The van der Waals surface area contributed by atoms with E-state index in [2.05, 4.69) is 10.4 Å². The minimum absolute atomic E-state index is 0.0427. The Morgan fingerprint density at radius 2 is 2.29 bits per heavy atom. The summed E-state index contributed by atoms with van der Waals surface area (Å²) in [5.41, 5.74) is 1.28. The predicted octanol–water partition coefficient (Wildman–Crippen LogP) is 2.29. The van der Waals surface area contributed by atoms with Crippen molar-refractivity contribution in [2.75, 3.05) is 6.61 Å². The molecule has 2 aromatic heterocycles. The molecule has 1 amide bonds. The Kier molecular flexibility index (Phi) is 5.14. The van der Waals surface area contributed by atoms with Gasteiger partial charge < -0.3 is 10.4 Å². The number of hydrogen-bond acceptors (Lipinski definition) is 4. The van der Waals surface area contributed by atoms with Gasteiger partial charge in [0.1, 0.15) is 5.69 Å². The van der Waals surface area contributed by atoms with Crippen LogP contribution in [0.5, 0.6) is 0 Å². The maximum Gasteiger partial charge on any atom is 0.255 e. The number of amides is 1. The molecule has 0 bridgehead atoms. The minimum atomic E-state index is -0.140. The Bertz CT molecular complexity index is 590. The molecule has 0 radical (unpaired) electrons. The van der Waals surface area contributed by atoms with E-state index < -0.39 is 0 Å². The van der Waals surface area contributed by atoms with Crippen LogP contribution in [0.3, 0.4) is 0 Å². The first kappa shape index (κ1) is 15.7. The zero-order valence-corrected chi connectivity index (χ0v) is 13.4. The summed E-state index contributed by atoms with van der Waals surface area (Å²) in [6, 6.07) is 3.86. The lowest BCUT2D eigenvalue weighted by Crippen LogP contribution is -2.39. The first-order chi connectivity index (χ1) is 10.0. The molecule has 1 unspecified atom stereocenters. The Hall–Kier alpha value is -1.66. The second-order valence-electron chi connectivity index (χ2n) is 5.38. The van der Waals surface area contributed by atoms with Gasteiger partial charge in [-0.1, -0.05) is 19.9 Å². The molecule has 6 heteroatoms. The standard InChI is InChI=1S/C15H21N3O2S/c1-10(2)12(6-7-19)16-15(20)11-9-18(3)17-14(11)13-5-4-8-21-13/h4-5,8-10,12,19H,6-7H2,1-3H3,(H,16,20). The third-order valence-electron chi connectivity index (χ3n) is 3.39. The topological polar surface area (TPSA) is 67.2 Å². The van der Waals surface area contributed by atoms with Gasteiger partial charge in [-0.25, -0.2) is 0 Å². The van der Waals surface area contributed by atoms with Gasteiger partial charge in [-0.15, -0.1) is 11.3 Å². The smallest absolute Gasteiger partial charge is 0.255 e. The number of hydrogen-bond donors (Lipinski definition) is 2. The van der Waals surface area contributed by atoms with E-state index in [1.807, 2.05) is 38.4 Å². The van der Waals surface area contributed by atoms with Crippen LogP contribution in [0, 0.1) is 5.92 Å². The molecular weight excluding hydrogens is 286 g/mol. The highest BCUT2D eigenvalue weighted by atomic mass is 32.1. The maximum atomic E-state index is 12.5. The van der Waals surface area contributed by atoms with Crippen LogP contribution < -0.4 is 5.32 Å². The average molecular weight is 307 g/mol. The van der Waals surface area contributed by atoms with Crippen LogP contribution in [0.25, 0.3) is 10.6 Å². The van der Waals surface area contributed by atoms with Gasteiger partial charge in [0.05, 0.1) is 10.4 Å². The summed E-state index contributed by atoms with van der Waals surface area (Å²) in [6.45, 7) is 4.13. The largest absolute Gasteiger partial charge is 0.396 e. The van der Waals surface area contributed by atoms with Crippen LogP contribution in [0.4, 0.5) is 0 Å². The lowest BCUT2D eigenvalue weighted by molar-refractivity contribution is 0.0917. The quantitative estimate of drug-likeness (QED) is 0.860. The molecule has 2 rings (SSSR count). The van der Waals surface area contributed by atoms with E-state index in [0.29, 0.717) is 17.7 Å². The van der Waals surface area contributed by atoms with Gasteiger partial charge in [0.15, 0.2) is 0 Å². The number of thiophene rings is 1. The third kappa shape index (κ3) is 3.71. The lowest BCUT2D eigenvalue weighted by atomic mass is 10.0. The molecule has 0 aliphatic carbocycles. The van der Waals surface area contributed by atoms with Crippen molar-refractivity contribution >= 4 is 17.2 Å². The number of aromatic nitrogens is 2. The van der Waals surface area contributed by atoms with E-state index in [-0.39, 0.29) is 24.5 Å².